The van der Waals surface area contributed by atoms with Crippen LogP contribution in [0, 0.1) is 6.92 Å². The lowest BCUT2D eigenvalue weighted by Gasteiger charge is -2.16. The van der Waals surface area contributed by atoms with E-state index in [4.69, 9.17) is 11.6 Å². The van der Waals surface area contributed by atoms with E-state index in [-0.39, 0.29) is 0 Å². The van der Waals surface area contributed by atoms with Crippen molar-refractivity contribution in [2.75, 3.05) is 5.88 Å². The number of halogens is 1. The van der Waals surface area contributed by atoms with Crippen LogP contribution >= 0.6 is 11.6 Å². The summed E-state index contributed by atoms with van der Waals surface area (Å²) in [7, 11) is 0. The van der Waals surface area contributed by atoms with Crippen LogP contribution in [0.3, 0.4) is 0 Å². The highest BCUT2D eigenvalue weighted by Crippen LogP contribution is 2.27. The molecule has 21 heavy (non-hydrogen) atoms. The van der Waals surface area contributed by atoms with Crippen LogP contribution in [0.4, 0.5) is 0 Å². The predicted octanol–water partition coefficient (Wildman–Crippen LogP) is 5.71. The Kier molecular flexibility index (Phi) is 4.26. The van der Waals surface area contributed by atoms with Crippen molar-refractivity contribution in [3.05, 3.63) is 83.4 Å². The molecule has 0 N–H and O–H groups in total. The van der Waals surface area contributed by atoms with Gasteiger partial charge in [0.25, 0.3) is 0 Å². The van der Waals surface area contributed by atoms with E-state index in [1.165, 1.54) is 27.5 Å². The van der Waals surface area contributed by atoms with Crippen molar-refractivity contribution >= 4 is 22.4 Å². The Morgan fingerprint density at radius 3 is 2.48 bits per heavy atom. The van der Waals surface area contributed by atoms with Crippen molar-refractivity contribution in [1.29, 1.82) is 0 Å². The number of hydrogen-bond acceptors (Lipinski definition) is 0. The van der Waals surface area contributed by atoms with E-state index in [9.17, 15) is 0 Å². The molecule has 0 aliphatic carbocycles. The van der Waals surface area contributed by atoms with Gasteiger partial charge in [-0.05, 0) is 35.2 Å². The molecule has 3 aromatic rings. The Hall–Kier alpha value is -1.79. The molecule has 0 aliphatic rings. The first-order valence-electron chi connectivity index (χ1n) is 7.37. The standard InChI is InChI=1S/C20H19Cl/c1-15-6-4-9-17(12-15)19(14-21)13-18-10-5-8-16-7-2-3-11-20(16)18/h2-12,19H,13-14H2,1H3. The molecule has 106 valence electrons. The van der Waals surface area contributed by atoms with Crippen LogP contribution in [-0.4, -0.2) is 5.88 Å². The molecule has 3 rings (SSSR count). The lowest BCUT2D eigenvalue weighted by Crippen LogP contribution is -2.05. The highest BCUT2D eigenvalue weighted by Gasteiger charge is 2.13. The first-order valence-corrected chi connectivity index (χ1v) is 7.90. The molecule has 1 unspecified atom stereocenters. The average Bonchev–Trinajstić information content (AvgIpc) is 2.52. The van der Waals surface area contributed by atoms with E-state index < -0.39 is 0 Å². The third kappa shape index (κ3) is 3.11. The molecule has 0 heterocycles. The molecule has 0 amide bonds. The Balaban J connectivity index is 1.96. The van der Waals surface area contributed by atoms with Gasteiger partial charge in [0.1, 0.15) is 0 Å². The molecule has 0 aromatic heterocycles. The predicted molar refractivity (Wildman–Crippen MR) is 92.3 cm³/mol. The summed E-state index contributed by atoms with van der Waals surface area (Å²) in [4.78, 5) is 0. The maximum Gasteiger partial charge on any atom is 0.0295 e. The zero-order valence-corrected chi connectivity index (χ0v) is 13.0. The van der Waals surface area contributed by atoms with Gasteiger partial charge in [-0.3, -0.25) is 0 Å². The first-order chi connectivity index (χ1) is 10.3. The van der Waals surface area contributed by atoms with Crippen LogP contribution < -0.4 is 0 Å². The molecule has 0 nitrogen and oxygen atoms in total. The molecule has 0 bridgehead atoms. The summed E-state index contributed by atoms with van der Waals surface area (Å²) >= 11 is 6.26. The number of alkyl halides is 1. The number of aryl methyl sites for hydroxylation is 1. The van der Waals surface area contributed by atoms with Crippen molar-refractivity contribution < 1.29 is 0 Å². The van der Waals surface area contributed by atoms with E-state index in [2.05, 4.69) is 73.7 Å². The third-order valence-electron chi connectivity index (χ3n) is 4.05. The number of benzene rings is 3. The molecule has 1 heteroatoms. The van der Waals surface area contributed by atoms with E-state index in [0.29, 0.717) is 11.8 Å². The molecule has 3 aromatic carbocycles. The molecular weight excluding hydrogens is 276 g/mol. The summed E-state index contributed by atoms with van der Waals surface area (Å²) in [6.45, 7) is 2.13. The maximum atomic E-state index is 6.26. The maximum absolute atomic E-state index is 6.26. The van der Waals surface area contributed by atoms with Crippen LogP contribution in [0.5, 0.6) is 0 Å². The van der Waals surface area contributed by atoms with Crippen molar-refractivity contribution in [2.24, 2.45) is 0 Å². The summed E-state index contributed by atoms with van der Waals surface area (Å²) in [5.41, 5.74) is 4.00. The van der Waals surface area contributed by atoms with Gasteiger partial charge in [0.05, 0.1) is 0 Å². The number of rotatable bonds is 4. The lowest BCUT2D eigenvalue weighted by molar-refractivity contribution is 0.769. The smallest absolute Gasteiger partial charge is 0.0295 e. The number of hydrogen-bond donors (Lipinski definition) is 0. The van der Waals surface area contributed by atoms with E-state index in [1.54, 1.807) is 0 Å². The van der Waals surface area contributed by atoms with Gasteiger partial charge in [-0.2, -0.15) is 0 Å². The Labute approximate surface area is 131 Å². The van der Waals surface area contributed by atoms with Gasteiger partial charge in [-0.15, -0.1) is 11.6 Å². The number of fused-ring (bicyclic) bond motifs is 1. The molecule has 0 saturated heterocycles. The van der Waals surface area contributed by atoms with Gasteiger partial charge >= 0.3 is 0 Å². The summed E-state index contributed by atoms with van der Waals surface area (Å²) in [6, 6.07) is 23.8. The average molecular weight is 295 g/mol. The van der Waals surface area contributed by atoms with E-state index >= 15 is 0 Å². The van der Waals surface area contributed by atoms with Crippen molar-refractivity contribution in [1.82, 2.24) is 0 Å². The topological polar surface area (TPSA) is 0 Å². The second-order valence-electron chi connectivity index (χ2n) is 5.61. The zero-order valence-electron chi connectivity index (χ0n) is 12.2. The summed E-state index contributed by atoms with van der Waals surface area (Å²) < 4.78 is 0. The SMILES string of the molecule is Cc1cccc(C(CCl)Cc2cccc3ccccc23)c1. The second kappa shape index (κ2) is 6.32. The van der Waals surface area contributed by atoms with Gasteiger partial charge in [-0.1, -0.05) is 72.3 Å². The molecule has 1 atom stereocenters. The van der Waals surface area contributed by atoms with Gasteiger partial charge in [0, 0.05) is 11.8 Å². The van der Waals surface area contributed by atoms with E-state index in [0.717, 1.165) is 6.42 Å². The molecule has 0 radical (unpaired) electrons. The van der Waals surface area contributed by atoms with Gasteiger partial charge in [0.2, 0.25) is 0 Å². The Morgan fingerprint density at radius 1 is 0.905 bits per heavy atom. The Bertz CT molecular complexity index is 740. The third-order valence-corrected chi connectivity index (χ3v) is 4.42. The quantitative estimate of drug-likeness (QED) is 0.540. The largest absolute Gasteiger partial charge is 0.126 e. The molecule has 0 fully saturated rings. The fourth-order valence-electron chi connectivity index (χ4n) is 2.92. The van der Waals surface area contributed by atoms with Crippen LogP contribution in [0.25, 0.3) is 10.8 Å². The summed E-state index contributed by atoms with van der Waals surface area (Å²) in [6.07, 6.45) is 0.980. The summed E-state index contributed by atoms with van der Waals surface area (Å²) in [5, 5.41) is 2.63. The highest BCUT2D eigenvalue weighted by molar-refractivity contribution is 6.18. The van der Waals surface area contributed by atoms with Crippen LogP contribution in [-0.2, 0) is 6.42 Å². The van der Waals surface area contributed by atoms with Crippen molar-refractivity contribution in [3.8, 4) is 0 Å². The fourth-order valence-corrected chi connectivity index (χ4v) is 3.21. The first kappa shape index (κ1) is 14.2. The van der Waals surface area contributed by atoms with Crippen molar-refractivity contribution in [3.63, 3.8) is 0 Å². The van der Waals surface area contributed by atoms with Gasteiger partial charge in [0.15, 0.2) is 0 Å². The van der Waals surface area contributed by atoms with Crippen LogP contribution in [0.1, 0.15) is 22.6 Å². The van der Waals surface area contributed by atoms with Gasteiger partial charge in [-0.25, -0.2) is 0 Å². The second-order valence-corrected chi connectivity index (χ2v) is 5.92. The van der Waals surface area contributed by atoms with Crippen LogP contribution in [0.2, 0.25) is 0 Å². The lowest BCUT2D eigenvalue weighted by atomic mass is 9.90. The van der Waals surface area contributed by atoms with Crippen LogP contribution in [0.15, 0.2) is 66.7 Å². The van der Waals surface area contributed by atoms with E-state index in [1.807, 2.05) is 0 Å². The minimum atomic E-state index is 0.359. The molecular formula is C20H19Cl. The molecule has 0 spiro atoms. The molecule has 0 aliphatic heterocycles. The molecule has 0 saturated carbocycles. The highest BCUT2D eigenvalue weighted by atomic mass is 35.5. The monoisotopic (exact) mass is 294 g/mol. The fraction of sp³-hybridized carbons (Fsp3) is 0.200. The summed E-state index contributed by atoms with van der Waals surface area (Å²) in [5.74, 6) is 1.00. The van der Waals surface area contributed by atoms with Crippen molar-refractivity contribution in [2.45, 2.75) is 19.3 Å². The normalized spacial score (nSPS) is 12.5. The minimum Gasteiger partial charge on any atom is -0.126 e. The zero-order chi connectivity index (χ0) is 14.7. The van der Waals surface area contributed by atoms with Gasteiger partial charge < -0.3 is 0 Å². The minimum absolute atomic E-state index is 0.359. The Morgan fingerprint density at radius 2 is 1.67 bits per heavy atom.